The Bertz CT molecular complexity index is 672. The molecule has 0 radical (unpaired) electrons. The van der Waals surface area contributed by atoms with Gasteiger partial charge in [0.05, 0.1) is 5.69 Å². The first kappa shape index (κ1) is 18.9. The minimum absolute atomic E-state index is 0.333. The molecule has 7 heteroatoms. The minimum Gasteiger partial charge on any atom is -0.366 e. The van der Waals surface area contributed by atoms with Crippen molar-refractivity contribution in [3.63, 3.8) is 0 Å². The summed E-state index contributed by atoms with van der Waals surface area (Å²) in [7, 11) is 0. The van der Waals surface area contributed by atoms with Gasteiger partial charge in [0.1, 0.15) is 6.10 Å². The monoisotopic (exact) mass is 522 g/mol. The van der Waals surface area contributed by atoms with Gasteiger partial charge in [0.25, 0.3) is 0 Å². The molecule has 0 aromatic heterocycles. The Morgan fingerprint density at radius 3 is 2.35 bits per heavy atom. The lowest BCUT2D eigenvalue weighted by Crippen LogP contribution is -2.13. The molecule has 0 saturated heterocycles. The van der Waals surface area contributed by atoms with Crippen LogP contribution < -0.4 is 5.43 Å². The second-order valence-corrected chi connectivity index (χ2v) is 7.55. The van der Waals surface area contributed by atoms with Crippen LogP contribution in [0.25, 0.3) is 0 Å². The van der Waals surface area contributed by atoms with Crippen LogP contribution in [0.4, 0.5) is 5.69 Å². The standard InChI is InChI=1S/C16H14Br3ClN2O/c1-2-23-15(10-6-4-3-5-7-10)16(20)22-21-14-12(18)8-11(17)9-13(14)19/h3-9,15,21H,2H2,1H3/b22-16-. The third kappa shape index (κ3) is 5.29. The molecule has 0 heterocycles. The number of ether oxygens (including phenoxy) is 1. The van der Waals surface area contributed by atoms with Gasteiger partial charge in [-0.2, -0.15) is 5.10 Å². The SMILES string of the molecule is CCOC(/C(Cl)=N/Nc1c(Br)cc(Br)cc1Br)c1ccccc1. The van der Waals surface area contributed by atoms with Crippen LogP contribution >= 0.6 is 59.4 Å². The van der Waals surface area contributed by atoms with Crippen LogP contribution in [-0.4, -0.2) is 11.8 Å². The highest BCUT2D eigenvalue weighted by Crippen LogP contribution is 2.34. The van der Waals surface area contributed by atoms with Crippen molar-refractivity contribution in [1.29, 1.82) is 0 Å². The molecule has 1 atom stereocenters. The molecule has 0 spiro atoms. The van der Waals surface area contributed by atoms with Crippen molar-refractivity contribution in [2.45, 2.75) is 13.0 Å². The van der Waals surface area contributed by atoms with Gasteiger partial charge in [-0.1, -0.05) is 57.9 Å². The summed E-state index contributed by atoms with van der Waals surface area (Å²) in [6.45, 7) is 2.46. The predicted molar refractivity (Wildman–Crippen MR) is 107 cm³/mol. The number of hydrogen-bond acceptors (Lipinski definition) is 3. The van der Waals surface area contributed by atoms with Crippen molar-refractivity contribution in [2.24, 2.45) is 5.10 Å². The number of nitrogens with one attached hydrogen (secondary N) is 1. The van der Waals surface area contributed by atoms with E-state index in [1.807, 2.05) is 49.4 Å². The van der Waals surface area contributed by atoms with E-state index in [1.165, 1.54) is 0 Å². The number of rotatable bonds is 6. The van der Waals surface area contributed by atoms with E-state index in [-0.39, 0.29) is 0 Å². The van der Waals surface area contributed by atoms with Crippen LogP contribution in [0.1, 0.15) is 18.6 Å². The lowest BCUT2D eigenvalue weighted by Gasteiger charge is -2.16. The second-order valence-electron chi connectivity index (χ2n) is 4.54. The van der Waals surface area contributed by atoms with Gasteiger partial charge in [0.15, 0.2) is 5.17 Å². The number of halogens is 4. The average Bonchev–Trinajstić information content (AvgIpc) is 2.52. The van der Waals surface area contributed by atoms with Gasteiger partial charge in [0.2, 0.25) is 0 Å². The first-order valence-electron chi connectivity index (χ1n) is 6.83. The molecule has 0 aliphatic carbocycles. The van der Waals surface area contributed by atoms with Gasteiger partial charge in [-0.05, 0) is 56.5 Å². The van der Waals surface area contributed by atoms with E-state index in [1.54, 1.807) is 0 Å². The number of hydrazone groups is 1. The molecule has 23 heavy (non-hydrogen) atoms. The molecule has 2 aromatic rings. The molecule has 0 saturated carbocycles. The zero-order valence-corrected chi connectivity index (χ0v) is 17.7. The number of benzene rings is 2. The van der Waals surface area contributed by atoms with Gasteiger partial charge in [-0.3, -0.25) is 5.43 Å². The van der Waals surface area contributed by atoms with Crippen LogP contribution in [0.3, 0.4) is 0 Å². The Morgan fingerprint density at radius 2 is 1.78 bits per heavy atom. The lowest BCUT2D eigenvalue weighted by molar-refractivity contribution is 0.112. The van der Waals surface area contributed by atoms with Crippen molar-refractivity contribution in [2.75, 3.05) is 12.0 Å². The van der Waals surface area contributed by atoms with Crippen molar-refractivity contribution < 1.29 is 4.74 Å². The van der Waals surface area contributed by atoms with E-state index >= 15 is 0 Å². The van der Waals surface area contributed by atoms with Crippen LogP contribution in [0.15, 0.2) is 61.0 Å². The zero-order chi connectivity index (χ0) is 16.8. The van der Waals surface area contributed by atoms with E-state index in [9.17, 15) is 0 Å². The van der Waals surface area contributed by atoms with Crippen molar-refractivity contribution >= 4 is 70.2 Å². The molecule has 1 unspecified atom stereocenters. The van der Waals surface area contributed by atoms with E-state index in [0.717, 1.165) is 24.7 Å². The fourth-order valence-electron chi connectivity index (χ4n) is 1.91. The molecule has 0 bridgehead atoms. The largest absolute Gasteiger partial charge is 0.366 e. The molecule has 0 aliphatic heterocycles. The third-order valence-electron chi connectivity index (χ3n) is 2.93. The van der Waals surface area contributed by atoms with Crippen molar-refractivity contribution in [1.82, 2.24) is 0 Å². The smallest absolute Gasteiger partial charge is 0.159 e. The summed E-state index contributed by atoms with van der Waals surface area (Å²) in [6, 6.07) is 13.6. The maximum atomic E-state index is 6.37. The molecular weight excluding hydrogens is 511 g/mol. The highest BCUT2D eigenvalue weighted by Gasteiger charge is 2.17. The number of hydrogen-bond donors (Lipinski definition) is 1. The van der Waals surface area contributed by atoms with Crippen LogP contribution in [-0.2, 0) is 4.74 Å². The summed E-state index contributed by atoms with van der Waals surface area (Å²) < 4.78 is 8.40. The predicted octanol–water partition coefficient (Wildman–Crippen LogP) is 6.72. The first-order valence-corrected chi connectivity index (χ1v) is 9.58. The normalized spacial score (nSPS) is 13.0. The Hall–Kier alpha value is -0.400. The summed E-state index contributed by atoms with van der Waals surface area (Å²) in [5, 5.41) is 4.61. The van der Waals surface area contributed by atoms with Gasteiger partial charge in [-0.15, -0.1) is 0 Å². The fraction of sp³-hybridized carbons (Fsp3) is 0.188. The first-order chi connectivity index (χ1) is 11.0. The van der Waals surface area contributed by atoms with E-state index < -0.39 is 6.10 Å². The molecule has 0 amide bonds. The quantitative estimate of drug-likeness (QED) is 0.336. The lowest BCUT2D eigenvalue weighted by atomic mass is 10.1. The topological polar surface area (TPSA) is 33.6 Å². The minimum atomic E-state index is -0.400. The summed E-state index contributed by atoms with van der Waals surface area (Å²) in [5.41, 5.74) is 4.72. The highest BCUT2D eigenvalue weighted by atomic mass is 79.9. The highest BCUT2D eigenvalue weighted by molar-refractivity contribution is 9.11. The summed E-state index contributed by atoms with van der Waals surface area (Å²) in [6.07, 6.45) is -0.400. The van der Waals surface area contributed by atoms with Crippen LogP contribution in [0, 0.1) is 0 Å². The van der Waals surface area contributed by atoms with Gasteiger partial charge in [-0.25, -0.2) is 0 Å². The summed E-state index contributed by atoms with van der Waals surface area (Å²) >= 11 is 16.8. The molecule has 2 rings (SSSR count). The Morgan fingerprint density at radius 1 is 1.17 bits per heavy atom. The number of anilines is 1. The van der Waals surface area contributed by atoms with Crippen molar-refractivity contribution in [3.8, 4) is 0 Å². The number of nitrogens with zero attached hydrogens (tertiary/aromatic N) is 1. The van der Waals surface area contributed by atoms with Gasteiger partial charge in [0, 0.05) is 20.0 Å². The molecule has 0 fully saturated rings. The van der Waals surface area contributed by atoms with E-state index in [2.05, 4.69) is 58.3 Å². The Kier molecular flexibility index (Phi) is 7.56. The van der Waals surface area contributed by atoms with Crippen LogP contribution in [0.5, 0.6) is 0 Å². The Labute approximate surface area is 165 Å². The third-order valence-corrected chi connectivity index (χ3v) is 4.92. The zero-order valence-electron chi connectivity index (χ0n) is 12.2. The molecular formula is C16H14Br3ClN2O. The van der Waals surface area contributed by atoms with E-state index in [4.69, 9.17) is 16.3 Å². The van der Waals surface area contributed by atoms with Crippen molar-refractivity contribution in [3.05, 3.63) is 61.4 Å². The Balaban J connectivity index is 2.24. The summed E-state index contributed by atoms with van der Waals surface area (Å²) in [4.78, 5) is 0. The van der Waals surface area contributed by atoms with Gasteiger partial charge < -0.3 is 4.74 Å². The average molecular weight is 525 g/mol. The summed E-state index contributed by atoms with van der Waals surface area (Å²) in [5.74, 6) is 0. The molecule has 2 aromatic carbocycles. The van der Waals surface area contributed by atoms with Crippen LogP contribution in [0.2, 0.25) is 0 Å². The molecule has 3 nitrogen and oxygen atoms in total. The maximum Gasteiger partial charge on any atom is 0.159 e. The maximum absolute atomic E-state index is 6.37. The molecule has 122 valence electrons. The molecule has 1 N–H and O–H groups in total. The molecule has 0 aliphatic rings. The van der Waals surface area contributed by atoms with E-state index in [0.29, 0.717) is 11.8 Å². The second kappa shape index (κ2) is 9.18. The fourth-order valence-corrected chi connectivity index (χ4v) is 4.58. The van der Waals surface area contributed by atoms with Gasteiger partial charge >= 0.3 is 0 Å².